The summed E-state index contributed by atoms with van der Waals surface area (Å²) in [7, 11) is 2.09. The first-order chi connectivity index (χ1) is 10.6. The second-order valence-corrected chi connectivity index (χ2v) is 6.88. The summed E-state index contributed by atoms with van der Waals surface area (Å²) in [4.78, 5) is 6.56. The molecular formula is C16H19ClFN3S. The van der Waals surface area contributed by atoms with Gasteiger partial charge in [0.25, 0.3) is 0 Å². The molecule has 0 spiro atoms. The minimum atomic E-state index is -0.339. The van der Waals surface area contributed by atoms with E-state index in [0.717, 1.165) is 37.3 Å². The molecule has 0 aliphatic carbocycles. The lowest BCUT2D eigenvalue weighted by Crippen LogP contribution is -2.28. The van der Waals surface area contributed by atoms with E-state index in [1.807, 2.05) is 11.6 Å². The van der Waals surface area contributed by atoms with E-state index in [-0.39, 0.29) is 16.9 Å². The number of rotatable bonds is 5. The Labute approximate surface area is 139 Å². The maximum absolute atomic E-state index is 13.8. The third kappa shape index (κ3) is 3.49. The molecular weight excluding hydrogens is 321 g/mol. The van der Waals surface area contributed by atoms with Crippen molar-refractivity contribution in [2.75, 3.05) is 20.1 Å². The van der Waals surface area contributed by atoms with Crippen LogP contribution in [0.3, 0.4) is 0 Å². The average Bonchev–Trinajstić information content (AvgIpc) is 3.13. The minimum Gasteiger partial charge on any atom is -0.311 e. The van der Waals surface area contributed by atoms with E-state index in [4.69, 9.17) is 11.6 Å². The molecule has 0 radical (unpaired) electrons. The van der Waals surface area contributed by atoms with Gasteiger partial charge in [0.15, 0.2) is 0 Å². The number of aromatic nitrogens is 1. The molecule has 118 valence electrons. The van der Waals surface area contributed by atoms with Gasteiger partial charge >= 0.3 is 0 Å². The maximum atomic E-state index is 13.8. The fourth-order valence-electron chi connectivity index (χ4n) is 3.17. The van der Waals surface area contributed by atoms with Crippen molar-refractivity contribution in [3.63, 3.8) is 0 Å². The zero-order chi connectivity index (χ0) is 15.5. The van der Waals surface area contributed by atoms with Crippen molar-refractivity contribution in [3.05, 3.63) is 51.2 Å². The van der Waals surface area contributed by atoms with E-state index in [9.17, 15) is 4.39 Å². The number of hydrogen-bond acceptors (Lipinski definition) is 4. The second kappa shape index (κ2) is 7.04. The molecule has 0 amide bonds. The molecule has 2 aromatic rings. The molecule has 2 atom stereocenters. The smallest absolute Gasteiger partial charge is 0.142 e. The fourth-order valence-corrected chi connectivity index (χ4v) is 3.85. The van der Waals surface area contributed by atoms with Crippen LogP contribution in [0.25, 0.3) is 0 Å². The predicted molar refractivity (Wildman–Crippen MR) is 88.7 cm³/mol. The monoisotopic (exact) mass is 339 g/mol. The van der Waals surface area contributed by atoms with Crippen molar-refractivity contribution < 1.29 is 4.39 Å². The van der Waals surface area contributed by atoms with Crippen LogP contribution in [0.1, 0.15) is 23.7 Å². The molecule has 6 heteroatoms. The Balaban J connectivity index is 1.66. The SMILES string of the molecule is CN1CC[C@H](CNCc2cscn2)[C@H]1c1ccc(Cl)c(F)c1. The van der Waals surface area contributed by atoms with E-state index in [1.165, 1.54) is 0 Å². The molecule has 1 aromatic heterocycles. The lowest BCUT2D eigenvalue weighted by atomic mass is 9.93. The van der Waals surface area contributed by atoms with Crippen LogP contribution in [-0.4, -0.2) is 30.0 Å². The first-order valence-corrected chi connectivity index (χ1v) is 8.70. The molecule has 1 fully saturated rings. The van der Waals surface area contributed by atoms with Crippen LogP contribution < -0.4 is 5.32 Å². The third-order valence-electron chi connectivity index (χ3n) is 4.26. The Bertz CT molecular complexity index is 620. The normalized spacial score (nSPS) is 22.3. The molecule has 3 rings (SSSR count). The third-order valence-corrected chi connectivity index (χ3v) is 5.20. The number of benzene rings is 1. The van der Waals surface area contributed by atoms with Gasteiger partial charge in [0.1, 0.15) is 5.82 Å². The van der Waals surface area contributed by atoms with Gasteiger partial charge < -0.3 is 5.32 Å². The van der Waals surface area contributed by atoms with Gasteiger partial charge in [0.2, 0.25) is 0 Å². The predicted octanol–water partition coefficient (Wildman–Crippen LogP) is 3.72. The van der Waals surface area contributed by atoms with Gasteiger partial charge in [0.05, 0.1) is 16.2 Å². The van der Waals surface area contributed by atoms with Crippen molar-refractivity contribution >= 4 is 22.9 Å². The Morgan fingerprint density at radius 3 is 3.09 bits per heavy atom. The molecule has 0 bridgehead atoms. The summed E-state index contributed by atoms with van der Waals surface area (Å²) in [6.07, 6.45) is 1.11. The number of nitrogens with zero attached hydrogens (tertiary/aromatic N) is 2. The van der Waals surface area contributed by atoms with Crippen molar-refractivity contribution in [1.82, 2.24) is 15.2 Å². The van der Waals surface area contributed by atoms with Crippen LogP contribution in [0.15, 0.2) is 29.1 Å². The fraction of sp³-hybridized carbons (Fsp3) is 0.438. The average molecular weight is 340 g/mol. The molecule has 22 heavy (non-hydrogen) atoms. The quantitative estimate of drug-likeness (QED) is 0.900. The zero-order valence-electron chi connectivity index (χ0n) is 12.4. The highest BCUT2D eigenvalue weighted by Crippen LogP contribution is 2.36. The Morgan fingerprint density at radius 1 is 1.50 bits per heavy atom. The van der Waals surface area contributed by atoms with Crippen LogP contribution in [0.4, 0.5) is 4.39 Å². The van der Waals surface area contributed by atoms with Crippen LogP contribution in [0.2, 0.25) is 5.02 Å². The molecule has 1 aliphatic rings. The number of hydrogen-bond donors (Lipinski definition) is 1. The molecule has 0 unspecified atom stereocenters. The second-order valence-electron chi connectivity index (χ2n) is 5.76. The maximum Gasteiger partial charge on any atom is 0.142 e. The number of halogens is 2. The Morgan fingerprint density at radius 2 is 2.36 bits per heavy atom. The number of thiazole rings is 1. The minimum absolute atomic E-state index is 0.183. The van der Waals surface area contributed by atoms with Crippen molar-refractivity contribution in [2.24, 2.45) is 5.92 Å². The van der Waals surface area contributed by atoms with Gasteiger partial charge in [0, 0.05) is 24.5 Å². The van der Waals surface area contributed by atoms with Gasteiger partial charge in [-0.3, -0.25) is 4.90 Å². The summed E-state index contributed by atoms with van der Waals surface area (Å²) in [5, 5.41) is 5.71. The summed E-state index contributed by atoms with van der Waals surface area (Å²) in [6, 6.07) is 5.39. The lowest BCUT2D eigenvalue weighted by molar-refractivity contribution is 0.271. The standard InChI is InChI=1S/C16H19ClFN3S/c1-21-5-4-12(7-19-8-13-9-22-10-20-13)16(21)11-2-3-14(17)15(18)6-11/h2-3,6,9-10,12,16,19H,4-5,7-8H2,1H3/t12-,16-/m1/s1. The van der Waals surface area contributed by atoms with Gasteiger partial charge in [-0.1, -0.05) is 17.7 Å². The van der Waals surface area contributed by atoms with Gasteiger partial charge in [-0.05, 0) is 43.6 Å². The molecule has 2 heterocycles. The number of likely N-dealkylation sites (tertiary alicyclic amines) is 1. The molecule has 1 aliphatic heterocycles. The molecule has 1 saturated heterocycles. The van der Waals surface area contributed by atoms with Gasteiger partial charge in [-0.15, -0.1) is 11.3 Å². The van der Waals surface area contributed by atoms with E-state index < -0.39 is 0 Å². The topological polar surface area (TPSA) is 28.2 Å². The van der Waals surface area contributed by atoms with Crippen molar-refractivity contribution in [1.29, 1.82) is 0 Å². The van der Waals surface area contributed by atoms with Crippen LogP contribution in [-0.2, 0) is 6.54 Å². The van der Waals surface area contributed by atoms with Crippen LogP contribution >= 0.6 is 22.9 Å². The number of nitrogens with one attached hydrogen (secondary N) is 1. The summed E-state index contributed by atoms with van der Waals surface area (Å²) >= 11 is 7.40. The lowest BCUT2D eigenvalue weighted by Gasteiger charge is -2.26. The van der Waals surface area contributed by atoms with E-state index >= 15 is 0 Å². The van der Waals surface area contributed by atoms with Crippen LogP contribution in [0.5, 0.6) is 0 Å². The summed E-state index contributed by atoms with van der Waals surface area (Å²) in [6.45, 7) is 2.71. The van der Waals surface area contributed by atoms with Crippen LogP contribution in [0, 0.1) is 11.7 Å². The summed E-state index contributed by atoms with van der Waals surface area (Å²) in [5.74, 6) is 0.123. The van der Waals surface area contributed by atoms with Gasteiger partial charge in [-0.2, -0.15) is 0 Å². The van der Waals surface area contributed by atoms with Crippen molar-refractivity contribution in [3.8, 4) is 0 Å². The highest BCUT2D eigenvalue weighted by Gasteiger charge is 2.32. The Hall–Kier alpha value is -1.01. The van der Waals surface area contributed by atoms with E-state index in [1.54, 1.807) is 23.5 Å². The van der Waals surface area contributed by atoms with E-state index in [2.05, 4.69) is 27.6 Å². The van der Waals surface area contributed by atoms with Gasteiger partial charge in [-0.25, -0.2) is 9.37 Å². The molecule has 3 nitrogen and oxygen atoms in total. The highest BCUT2D eigenvalue weighted by molar-refractivity contribution is 7.07. The largest absolute Gasteiger partial charge is 0.311 e. The first kappa shape index (κ1) is 15.9. The molecule has 1 aromatic carbocycles. The molecule has 1 N–H and O–H groups in total. The summed E-state index contributed by atoms with van der Waals surface area (Å²) < 4.78 is 13.8. The molecule has 0 saturated carbocycles. The van der Waals surface area contributed by atoms with Crippen molar-refractivity contribution in [2.45, 2.75) is 19.0 Å². The summed E-state index contributed by atoms with van der Waals surface area (Å²) in [5.41, 5.74) is 3.92. The highest BCUT2D eigenvalue weighted by atomic mass is 35.5. The first-order valence-electron chi connectivity index (χ1n) is 7.38. The Kier molecular flexibility index (Phi) is 5.08. The van der Waals surface area contributed by atoms with E-state index in [0.29, 0.717) is 5.92 Å². The zero-order valence-corrected chi connectivity index (χ0v) is 14.0.